The quantitative estimate of drug-likeness (QED) is 0.125. The predicted molar refractivity (Wildman–Crippen MR) is 238 cm³/mol. The summed E-state index contributed by atoms with van der Waals surface area (Å²) in [6.07, 6.45) is 4.17. The molecule has 0 aromatic heterocycles. The molecular weight excluding hydrogens is 779 g/mol. The van der Waals surface area contributed by atoms with Crippen LogP contribution in [0, 0.1) is 11.6 Å². The Kier molecular flexibility index (Phi) is 16.5. The Bertz CT molecular complexity index is 2090. The molecule has 2 aliphatic rings. The van der Waals surface area contributed by atoms with E-state index in [0.29, 0.717) is 48.6 Å². The molecule has 0 radical (unpaired) electrons. The van der Waals surface area contributed by atoms with Gasteiger partial charge in [0.05, 0.1) is 16.9 Å². The Balaban J connectivity index is 0.000000231. The molecule has 2 aliphatic heterocycles. The van der Waals surface area contributed by atoms with Crippen molar-refractivity contribution in [2.45, 2.75) is 65.5 Å². The van der Waals surface area contributed by atoms with Crippen molar-refractivity contribution >= 4 is 46.8 Å². The Morgan fingerprint density at radius 3 is 1.31 bits per heavy atom. The standard InChI is InChI=1S/C24H30FN3O3.C24H30FN3O2/c1-4-27(5-2)23(29)17-6-9-19(10-7-17)28(20-12-14-26(3)15-13-20)22-16-18(24(30)31)8-11-21(22)25;1-4-27(5-2)24(30)19-7-9-20(10-8-19)28(21-12-14-26(3)15-13-21)23-16-18(17-29)6-11-22(23)25/h6-11,16,20H,4-5,12-15H2,1-3H3,(H,30,31);6-11,16-17,21H,4-5,12-15H2,1-3H3. The highest BCUT2D eigenvalue weighted by Gasteiger charge is 2.29. The van der Waals surface area contributed by atoms with Gasteiger partial charge in [-0.05, 0) is 179 Å². The maximum absolute atomic E-state index is 14.9. The number of carboxylic acids is 1. The lowest BCUT2D eigenvalue weighted by molar-refractivity contribution is 0.0694. The Labute approximate surface area is 359 Å². The van der Waals surface area contributed by atoms with E-state index in [-0.39, 0.29) is 41.0 Å². The third-order valence-electron chi connectivity index (χ3n) is 11.8. The molecule has 326 valence electrons. The molecule has 2 amide bonds. The molecule has 2 fully saturated rings. The minimum atomic E-state index is -1.09. The van der Waals surface area contributed by atoms with Gasteiger partial charge in [-0.1, -0.05) is 0 Å². The maximum atomic E-state index is 14.9. The molecule has 0 atom stereocenters. The molecule has 2 saturated heterocycles. The summed E-state index contributed by atoms with van der Waals surface area (Å²) in [6, 6.07) is 23.0. The number of rotatable bonds is 14. The van der Waals surface area contributed by atoms with E-state index < -0.39 is 11.8 Å². The van der Waals surface area contributed by atoms with Crippen LogP contribution in [-0.2, 0) is 0 Å². The van der Waals surface area contributed by atoms with Crippen LogP contribution >= 0.6 is 0 Å². The summed E-state index contributed by atoms with van der Waals surface area (Å²) in [6.45, 7) is 14.0. The highest BCUT2D eigenvalue weighted by Crippen LogP contribution is 2.36. The van der Waals surface area contributed by atoms with Crippen molar-refractivity contribution < 1.29 is 33.1 Å². The topological polar surface area (TPSA) is 108 Å². The molecule has 0 aliphatic carbocycles. The van der Waals surface area contributed by atoms with Gasteiger partial charge in [0.15, 0.2) is 0 Å². The van der Waals surface area contributed by atoms with Crippen LogP contribution < -0.4 is 9.80 Å². The van der Waals surface area contributed by atoms with E-state index in [1.807, 2.05) is 61.8 Å². The number of benzene rings is 4. The SMILES string of the molecule is CCN(CC)C(=O)c1ccc(N(c2cc(C(=O)O)ccc2F)C2CCN(C)CC2)cc1.CCN(CC)C(=O)c1ccc(N(c2cc(C=O)ccc2F)C2CCN(C)CC2)cc1. The van der Waals surface area contributed by atoms with Gasteiger partial charge in [-0.2, -0.15) is 0 Å². The number of hydrogen-bond donors (Lipinski definition) is 1. The summed E-state index contributed by atoms with van der Waals surface area (Å²) in [5.41, 5.74) is 3.90. The van der Waals surface area contributed by atoms with E-state index >= 15 is 0 Å². The average molecular weight is 839 g/mol. The largest absolute Gasteiger partial charge is 0.478 e. The van der Waals surface area contributed by atoms with Gasteiger partial charge in [0.1, 0.15) is 17.9 Å². The van der Waals surface area contributed by atoms with Crippen LogP contribution in [0.4, 0.5) is 31.5 Å². The number of carboxylic acid groups (broad SMARTS) is 1. The number of aldehydes is 1. The highest BCUT2D eigenvalue weighted by molar-refractivity contribution is 5.95. The number of hydrogen-bond acceptors (Lipinski definition) is 8. The molecule has 0 saturated carbocycles. The molecule has 2 heterocycles. The number of anilines is 4. The third-order valence-corrected chi connectivity index (χ3v) is 11.8. The summed E-state index contributed by atoms with van der Waals surface area (Å²) in [5.74, 6) is -1.97. The second-order valence-corrected chi connectivity index (χ2v) is 15.7. The molecular formula is C48H60F2N6O5. The second kappa shape index (κ2) is 21.7. The predicted octanol–water partition coefficient (Wildman–Crippen LogP) is 8.59. The Hall–Kier alpha value is -5.66. The number of piperidine rings is 2. The van der Waals surface area contributed by atoms with E-state index in [2.05, 4.69) is 23.9 Å². The van der Waals surface area contributed by atoms with Crippen LogP contribution in [0.1, 0.15) is 94.8 Å². The minimum Gasteiger partial charge on any atom is -0.478 e. The van der Waals surface area contributed by atoms with Crippen LogP contribution in [0.3, 0.4) is 0 Å². The zero-order valence-corrected chi connectivity index (χ0v) is 36.3. The van der Waals surface area contributed by atoms with E-state index in [4.69, 9.17) is 0 Å². The van der Waals surface area contributed by atoms with Gasteiger partial charge in [-0.3, -0.25) is 14.4 Å². The van der Waals surface area contributed by atoms with E-state index in [9.17, 15) is 33.1 Å². The fourth-order valence-corrected chi connectivity index (χ4v) is 8.13. The number of halogens is 2. The number of carbonyl (C=O) groups is 4. The molecule has 13 heteroatoms. The zero-order chi connectivity index (χ0) is 44.2. The second-order valence-electron chi connectivity index (χ2n) is 15.7. The van der Waals surface area contributed by atoms with Gasteiger partial charge < -0.3 is 34.5 Å². The molecule has 4 aromatic carbocycles. The highest BCUT2D eigenvalue weighted by atomic mass is 19.1. The number of likely N-dealkylation sites (tertiary alicyclic amines) is 2. The van der Waals surface area contributed by atoms with Gasteiger partial charge in [0.25, 0.3) is 11.8 Å². The fraction of sp³-hybridized carbons (Fsp3) is 0.417. The van der Waals surface area contributed by atoms with Crippen molar-refractivity contribution in [2.75, 3.05) is 76.3 Å². The van der Waals surface area contributed by atoms with Gasteiger partial charge in [-0.15, -0.1) is 0 Å². The first-order valence-corrected chi connectivity index (χ1v) is 21.4. The number of carbonyl (C=O) groups excluding carboxylic acids is 3. The summed E-state index contributed by atoms with van der Waals surface area (Å²) >= 11 is 0. The third kappa shape index (κ3) is 11.4. The first-order valence-electron chi connectivity index (χ1n) is 21.4. The first-order chi connectivity index (χ1) is 29.3. The molecule has 4 aromatic rings. The van der Waals surface area contributed by atoms with Crippen LogP contribution in [0.15, 0.2) is 84.9 Å². The van der Waals surface area contributed by atoms with E-state index in [0.717, 1.165) is 69.5 Å². The van der Waals surface area contributed by atoms with Crippen molar-refractivity contribution in [1.82, 2.24) is 19.6 Å². The Morgan fingerprint density at radius 1 is 0.590 bits per heavy atom. The summed E-state index contributed by atoms with van der Waals surface area (Å²) in [7, 11) is 4.14. The van der Waals surface area contributed by atoms with Crippen LogP contribution in [0.2, 0.25) is 0 Å². The molecule has 1 N–H and O–H groups in total. The first kappa shape index (κ1) is 46.4. The summed E-state index contributed by atoms with van der Waals surface area (Å²) in [4.78, 5) is 60.0. The molecule has 0 unspecified atom stereocenters. The summed E-state index contributed by atoms with van der Waals surface area (Å²) < 4.78 is 29.7. The fourth-order valence-electron chi connectivity index (χ4n) is 8.13. The number of nitrogens with zero attached hydrogens (tertiary/aromatic N) is 6. The van der Waals surface area contributed by atoms with Crippen LogP contribution in [-0.4, -0.2) is 127 Å². The number of aromatic carboxylic acids is 1. The van der Waals surface area contributed by atoms with Crippen LogP contribution in [0.25, 0.3) is 0 Å². The van der Waals surface area contributed by atoms with E-state index in [1.165, 1.54) is 30.3 Å². The lowest BCUT2D eigenvalue weighted by atomic mass is 10.0. The molecule has 0 spiro atoms. The molecule has 6 rings (SSSR count). The molecule has 11 nitrogen and oxygen atoms in total. The lowest BCUT2D eigenvalue weighted by Crippen LogP contribution is -2.42. The van der Waals surface area contributed by atoms with E-state index in [1.54, 1.807) is 40.1 Å². The van der Waals surface area contributed by atoms with Gasteiger partial charge in [0.2, 0.25) is 0 Å². The van der Waals surface area contributed by atoms with Crippen molar-refractivity contribution in [3.05, 3.63) is 119 Å². The number of amides is 2. The van der Waals surface area contributed by atoms with Gasteiger partial charge in [-0.25, -0.2) is 13.6 Å². The van der Waals surface area contributed by atoms with Crippen LogP contribution in [0.5, 0.6) is 0 Å². The van der Waals surface area contributed by atoms with Gasteiger partial charge >= 0.3 is 5.97 Å². The van der Waals surface area contributed by atoms with Gasteiger partial charge in [0, 0.05) is 66.3 Å². The van der Waals surface area contributed by atoms with Crippen molar-refractivity contribution in [2.24, 2.45) is 0 Å². The average Bonchev–Trinajstić information content (AvgIpc) is 3.27. The molecule has 0 bridgehead atoms. The van der Waals surface area contributed by atoms with Crippen molar-refractivity contribution in [3.63, 3.8) is 0 Å². The Morgan fingerprint density at radius 2 is 0.951 bits per heavy atom. The normalized spacial score (nSPS) is 15.0. The lowest BCUT2D eigenvalue weighted by Gasteiger charge is -2.39. The van der Waals surface area contributed by atoms with Crippen molar-refractivity contribution in [1.29, 1.82) is 0 Å². The van der Waals surface area contributed by atoms with Crippen molar-refractivity contribution in [3.8, 4) is 0 Å². The zero-order valence-electron chi connectivity index (χ0n) is 36.3. The smallest absolute Gasteiger partial charge is 0.335 e. The maximum Gasteiger partial charge on any atom is 0.335 e. The minimum absolute atomic E-state index is 0.00785. The summed E-state index contributed by atoms with van der Waals surface area (Å²) in [5, 5.41) is 9.40. The molecule has 61 heavy (non-hydrogen) atoms. The monoisotopic (exact) mass is 838 g/mol.